The van der Waals surface area contributed by atoms with E-state index in [0.29, 0.717) is 12.1 Å². The van der Waals surface area contributed by atoms with Crippen molar-refractivity contribution in [2.24, 2.45) is 0 Å². The van der Waals surface area contributed by atoms with Crippen molar-refractivity contribution in [2.75, 3.05) is 13.1 Å². The van der Waals surface area contributed by atoms with E-state index in [0.717, 1.165) is 21.6 Å². The summed E-state index contributed by atoms with van der Waals surface area (Å²) < 4.78 is 41.1. The van der Waals surface area contributed by atoms with E-state index in [1.165, 1.54) is 0 Å². The molecule has 2 heterocycles. The molecular formula is C13H13F3N2S. The van der Waals surface area contributed by atoms with E-state index in [4.69, 9.17) is 0 Å². The van der Waals surface area contributed by atoms with Gasteiger partial charge >= 0.3 is 6.18 Å². The first kappa shape index (κ1) is 12.9. The fourth-order valence-corrected chi connectivity index (χ4v) is 3.66. The number of rotatable bonds is 1. The van der Waals surface area contributed by atoms with Gasteiger partial charge in [-0.15, -0.1) is 11.3 Å². The first-order valence-corrected chi connectivity index (χ1v) is 6.89. The number of aromatic nitrogens is 1. The smallest absolute Gasteiger partial charge is 0.315 e. The van der Waals surface area contributed by atoms with Crippen molar-refractivity contribution in [1.29, 1.82) is 0 Å². The lowest BCUT2D eigenvalue weighted by atomic mass is 9.87. The third kappa shape index (κ3) is 1.94. The number of nitrogens with zero attached hydrogens (tertiary/aromatic N) is 1. The van der Waals surface area contributed by atoms with Crippen LogP contribution in [0.5, 0.6) is 0 Å². The van der Waals surface area contributed by atoms with Crippen molar-refractivity contribution in [3.05, 3.63) is 28.8 Å². The lowest BCUT2D eigenvalue weighted by molar-refractivity contribution is -0.184. The van der Waals surface area contributed by atoms with Crippen molar-refractivity contribution < 1.29 is 13.2 Å². The van der Waals surface area contributed by atoms with Crippen LogP contribution >= 0.6 is 11.3 Å². The van der Waals surface area contributed by atoms with Gasteiger partial charge < -0.3 is 5.32 Å². The highest BCUT2D eigenvalue weighted by Crippen LogP contribution is 2.47. The van der Waals surface area contributed by atoms with E-state index < -0.39 is 11.6 Å². The van der Waals surface area contributed by atoms with Crippen LogP contribution < -0.4 is 5.32 Å². The molecule has 102 valence electrons. The Morgan fingerprint density at radius 2 is 2.16 bits per heavy atom. The van der Waals surface area contributed by atoms with Crippen LogP contribution in [-0.2, 0) is 5.41 Å². The maximum Gasteiger partial charge on any atom is 0.402 e. The van der Waals surface area contributed by atoms with Gasteiger partial charge in [-0.25, -0.2) is 4.98 Å². The molecule has 19 heavy (non-hydrogen) atoms. The van der Waals surface area contributed by atoms with E-state index >= 15 is 0 Å². The zero-order valence-corrected chi connectivity index (χ0v) is 11.2. The van der Waals surface area contributed by atoms with Gasteiger partial charge in [0.15, 0.2) is 0 Å². The first-order chi connectivity index (χ1) is 8.92. The topological polar surface area (TPSA) is 24.9 Å². The summed E-state index contributed by atoms with van der Waals surface area (Å²) in [7, 11) is 0. The van der Waals surface area contributed by atoms with E-state index in [1.54, 1.807) is 0 Å². The largest absolute Gasteiger partial charge is 0.402 e. The first-order valence-electron chi connectivity index (χ1n) is 6.07. The number of aryl methyl sites for hydroxylation is 1. The van der Waals surface area contributed by atoms with Gasteiger partial charge in [-0.2, -0.15) is 13.2 Å². The lowest BCUT2D eigenvalue weighted by Gasteiger charge is -2.28. The van der Waals surface area contributed by atoms with Crippen LogP contribution in [0.1, 0.15) is 17.0 Å². The van der Waals surface area contributed by atoms with Crippen LogP contribution in [0.25, 0.3) is 10.2 Å². The predicted octanol–water partition coefficient (Wildman–Crippen LogP) is 3.40. The fourth-order valence-electron chi connectivity index (χ4n) is 2.48. The van der Waals surface area contributed by atoms with Crippen molar-refractivity contribution in [2.45, 2.75) is 24.9 Å². The molecule has 1 fully saturated rings. The second-order valence-corrected chi connectivity index (χ2v) is 6.03. The van der Waals surface area contributed by atoms with Gasteiger partial charge in [-0.1, -0.05) is 6.07 Å². The van der Waals surface area contributed by atoms with Crippen LogP contribution in [0.4, 0.5) is 13.2 Å². The van der Waals surface area contributed by atoms with Gasteiger partial charge in [0, 0.05) is 6.54 Å². The van der Waals surface area contributed by atoms with Crippen LogP contribution in [0.2, 0.25) is 0 Å². The Morgan fingerprint density at radius 1 is 1.37 bits per heavy atom. The summed E-state index contributed by atoms with van der Waals surface area (Å²) in [5.41, 5.74) is -0.143. The number of hydrogen-bond acceptors (Lipinski definition) is 3. The quantitative estimate of drug-likeness (QED) is 0.869. The number of benzene rings is 1. The summed E-state index contributed by atoms with van der Waals surface area (Å²) >= 11 is 1.16. The second-order valence-electron chi connectivity index (χ2n) is 5.00. The van der Waals surface area contributed by atoms with Crippen LogP contribution in [0.3, 0.4) is 0 Å². The minimum absolute atomic E-state index is 0.0648. The monoisotopic (exact) mass is 286 g/mol. The molecule has 1 N–H and O–H groups in total. The minimum atomic E-state index is -4.26. The van der Waals surface area contributed by atoms with Crippen molar-refractivity contribution in [3.8, 4) is 0 Å². The average molecular weight is 286 g/mol. The molecule has 1 aliphatic rings. The van der Waals surface area contributed by atoms with Gasteiger partial charge in [0.05, 0.1) is 10.2 Å². The molecule has 0 radical (unpaired) electrons. The molecule has 0 amide bonds. The van der Waals surface area contributed by atoms with E-state index in [-0.39, 0.29) is 18.0 Å². The molecule has 0 saturated carbocycles. The van der Waals surface area contributed by atoms with Gasteiger partial charge in [0.25, 0.3) is 0 Å². The molecule has 1 aliphatic heterocycles. The van der Waals surface area contributed by atoms with E-state index in [2.05, 4.69) is 10.3 Å². The molecule has 2 nitrogen and oxygen atoms in total. The number of fused-ring (bicyclic) bond motifs is 1. The Balaban J connectivity index is 2.16. The van der Waals surface area contributed by atoms with Crippen molar-refractivity contribution in [3.63, 3.8) is 0 Å². The Bertz CT molecular complexity index is 612. The van der Waals surface area contributed by atoms with Gasteiger partial charge in [0.2, 0.25) is 0 Å². The maximum atomic E-state index is 13.4. The second kappa shape index (κ2) is 4.18. The highest BCUT2D eigenvalue weighted by molar-refractivity contribution is 7.18. The van der Waals surface area contributed by atoms with E-state index in [1.807, 2.05) is 25.1 Å². The molecule has 1 atom stereocenters. The summed E-state index contributed by atoms with van der Waals surface area (Å²) in [6.07, 6.45) is -4.20. The zero-order chi connectivity index (χ0) is 13.7. The molecule has 0 spiro atoms. The summed E-state index contributed by atoms with van der Waals surface area (Å²) in [6.45, 7) is 2.22. The normalized spacial score (nSPS) is 24.2. The highest BCUT2D eigenvalue weighted by Gasteiger charge is 2.59. The van der Waals surface area contributed by atoms with Gasteiger partial charge in [-0.3, -0.25) is 0 Å². The molecule has 0 bridgehead atoms. The summed E-state index contributed by atoms with van der Waals surface area (Å²) in [6, 6.07) is 5.58. The zero-order valence-electron chi connectivity index (χ0n) is 10.3. The average Bonchev–Trinajstić information content (AvgIpc) is 2.93. The summed E-state index contributed by atoms with van der Waals surface area (Å²) in [4.78, 5) is 4.25. The standard InChI is InChI=1S/C13H13F3N2S/c1-8-2-3-10-9(6-8)18-11(19-10)12(13(14,15)16)4-5-17-7-12/h2-3,6,17H,4-5,7H2,1H3. The van der Waals surface area contributed by atoms with Crippen molar-refractivity contribution in [1.82, 2.24) is 10.3 Å². The van der Waals surface area contributed by atoms with E-state index in [9.17, 15) is 13.2 Å². The molecule has 1 saturated heterocycles. The third-order valence-electron chi connectivity index (χ3n) is 3.65. The number of nitrogens with one attached hydrogen (secondary N) is 1. The maximum absolute atomic E-state index is 13.4. The molecule has 1 aromatic carbocycles. The number of hydrogen-bond donors (Lipinski definition) is 1. The van der Waals surface area contributed by atoms with Crippen LogP contribution in [0.15, 0.2) is 18.2 Å². The molecule has 6 heteroatoms. The summed E-state index contributed by atoms with van der Waals surface area (Å²) in [5.74, 6) is 0. The van der Waals surface area contributed by atoms with Crippen molar-refractivity contribution >= 4 is 21.6 Å². The van der Waals surface area contributed by atoms with Gasteiger partial charge in [-0.05, 0) is 37.6 Å². The van der Waals surface area contributed by atoms with Crippen LogP contribution in [0, 0.1) is 6.92 Å². The Morgan fingerprint density at radius 3 is 2.79 bits per heavy atom. The Hall–Kier alpha value is -1.14. The molecule has 3 rings (SSSR count). The number of thiazole rings is 1. The fraction of sp³-hybridized carbons (Fsp3) is 0.462. The lowest BCUT2D eigenvalue weighted by Crippen LogP contribution is -2.44. The van der Waals surface area contributed by atoms with Gasteiger partial charge in [0.1, 0.15) is 10.4 Å². The van der Waals surface area contributed by atoms with Crippen LogP contribution in [-0.4, -0.2) is 24.2 Å². The molecule has 0 aliphatic carbocycles. The third-order valence-corrected chi connectivity index (χ3v) is 4.89. The molecular weight excluding hydrogens is 273 g/mol. The molecule has 1 aromatic heterocycles. The summed E-state index contributed by atoms with van der Waals surface area (Å²) in [5, 5.41) is 3.01. The highest BCUT2D eigenvalue weighted by atomic mass is 32.1. The SMILES string of the molecule is Cc1ccc2sc(C3(C(F)(F)F)CCNC3)nc2c1. The minimum Gasteiger partial charge on any atom is -0.315 e. The number of halogens is 3. The molecule has 2 aromatic rings. The molecule has 1 unspecified atom stereocenters. The Labute approximate surface area is 112 Å². The Kier molecular flexibility index (Phi) is 2.83. The predicted molar refractivity (Wildman–Crippen MR) is 69.6 cm³/mol. The number of alkyl halides is 3.